The van der Waals surface area contributed by atoms with Crippen molar-refractivity contribution in [3.05, 3.63) is 80.9 Å². The Morgan fingerprint density at radius 2 is 1.76 bits per heavy atom. The number of nitrogens with zero attached hydrogens (tertiary/aromatic N) is 6. The molecule has 0 spiro atoms. The highest BCUT2D eigenvalue weighted by atomic mass is 16.5. The van der Waals surface area contributed by atoms with Gasteiger partial charge in [0.2, 0.25) is 0 Å². The molecule has 0 amide bonds. The Hall–Kier alpha value is -3.56. The summed E-state index contributed by atoms with van der Waals surface area (Å²) in [7, 11) is 1.69. The van der Waals surface area contributed by atoms with Crippen LogP contribution in [0.5, 0.6) is 5.75 Å². The number of aryl methyl sites for hydroxylation is 2. The number of fused-ring (bicyclic) bond motifs is 1. The number of pyridine rings is 1. The van der Waals surface area contributed by atoms with Gasteiger partial charge in [-0.25, -0.2) is 4.68 Å². The first-order chi connectivity index (χ1) is 18.2. The Labute approximate surface area is 223 Å². The molecular weight excluding hydrogens is 478 g/mol. The van der Waals surface area contributed by atoms with Crippen LogP contribution < -0.4 is 10.3 Å². The standard InChI is InChI=1S/C29H37N7O2/c1-19-10-11-20(2)25-23(19)17-24(28(37)30-25)26(27-31-32-33-36(27)29(3,4)5)35-14-12-34(13-15-35)18-21-8-7-9-22(16-21)38-6/h7-11,16-17,26H,12-15,18H2,1-6H3,(H,30,37). The van der Waals surface area contributed by atoms with Crippen LogP contribution in [0.4, 0.5) is 0 Å². The van der Waals surface area contributed by atoms with E-state index in [0.29, 0.717) is 11.4 Å². The van der Waals surface area contributed by atoms with Gasteiger partial charge in [-0.1, -0.05) is 24.3 Å². The fraction of sp³-hybridized carbons (Fsp3) is 0.448. The van der Waals surface area contributed by atoms with E-state index in [2.05, 4.69) is 76.2 Å². The second-order valence-electron chi connectivity index (χ2n) is 11.2. The molecule has 0 aliphatic carbocycles. The molecule has 5 rings (SSSR count). The maximum Gasteiger partial charge on any atom is 0.253 e. The molecule has 200 valence electrons. The van der Waals surface area contributed by atoms with Crippen molar-refractivity contribution in [2.45, 2.75) is 52.7 Å². The fourth-order valence-electron chi connectivity index (χ4n) is 5.34. The molecule has 1 aliphatic rings. The molecule has 1 saturated heterocycles. The van der Waals surface area contributed by atoms with E-state index >= 15 is 0 Å². The van der Waals surface area contributed by atoms with Crippen LogP contribution in [0.15, 0.2) is 47.3 Å². The summed E-state index contributed by atoms with van der Waals surface area (Å²) in [6, 6.07) is 14.1. The minimum Gasteiger partial charge on any atom is -0.497 e. The maximum absolute atomic E-state index is 13.6. The predicted molar refractivity (Wildman–Crippen MR) is 149 cm³/mol. The fourth-order valence-corrected chi connectivity index (χ4v) is 5.34. The Morgan fingerprint density at radius 1 is 1.03 bits per heavy atom. The summed E-state index contributed by atoms with van der Waals surface area (Å²) in [5.41, 5.74) is 4.53. The first-order valence-electron chi connectivity index (χ1n) is 13.2. The van der Waals surface area contributed by atoms with Gasteiger partial charge < -0.3 is 9.72 Å². The van der Waals surface area contributed by atoms with Crippen LogP contribution in [0.25, 0.3) is 10.9 Å². The number of H-pyrrole nitrogens is 1. The van der Waals surface area contributed by atoms with Crippen LogP contribution in [0.1, 0.15) is 54.9 Å². The van der Waals surface area contributed by atoms with Crippen LogP contribution in [-0.2, 0) is 12.1 Å². The van der Waals surface area contributed by atoms with Gasteiger partial charge in [0.15, 0.2) is 5.82 Å². The third kappa shape index (κ3) is 5.08. The number of hydrogen-bond donors (Lipinski definition) is 1. The molecular formula is C29H37N7O2. The van der Waals surface area contributed by atoms with Crippen LogP contribution in [-0.4, -0.2) is 68.3 Å². The van der Waals surface area contributed by atoms with Gasteiger partial charge in [0.05, 0.1) is 18.2 Å². The number of aromatic amines is 1. The molecule has 1 atom stereocenters. The molecule has 2 aromatic carbocycles. The Kier molecular flexibility index (Phi) is 7.07. The van der Waals surface area contributed by atoms with Gasteiger partial charge in [-0.15, -0.1) is 5.10 Å². The number of benzene rings is 2. The summed E-state index contributed by atoms with van der Waals surface area (Å²) in [6.45, 7) is 14.5. The summed E-state index contributed by atoms with van der Waals surface area (Å²) >= 11 is 0. The van der Waals surface area contributed by atoms with Gasteiger partial charge in [-0.2, -0.15) is 0 Å². The van der Waals surface area contributed by atoms with Gasteiger partial charge in [0, 0.05) is 43.7 Å². The highest BCUT2D eigenvalue weighted by Gasteiger charge is 2.35. The molecule has 2 aromatic heterocycles. The highest BCUT2D eigenvalue weighted by Crippen LogP contribution is 2.31. The number of rotatable bonds is 6. The molecule has 1 aliphatic heterocycles. The summed E-state index contributed by atoms with van der Waals surface area (Å²) in [6.07, 6.45) is 0. The van der Waals surface area contributed by atoms with E-state index in [-0.39, 0.29) is 17.1 Å². The zero-order valence-electron chi connectivity index (χ0n) is 23.2. The Morgan fingerprint density at radius 3 is 2.47 bits per heavy atom. The zero-order chi connectivity index (χ0) is 27.0. The van der Waals surface area contributed by atoms with Gasteiger partial charge in [-0.05, 0) is 79.9 Å². The lowest BCUT2D eigenvalue weighted by molar-refractivity contribution is 0.0975. The first-order valence-corrected chi connectivity index (χ1v) is 13.2. The minimum absolute atomic E-state index is 0.0986. The Balaban J connectivity index is 1.50. The second kappa shape index (κ2) is 10.3. The maximum atomic E-state index is 13.6. The lowest BCUT2D eigenvalue weighted by Gasteiger charge is -2.39. The average molecular weight is 516 g/mol. The van der Waals surface area contributed by atoms with Crippen molar-refractivity contribution >= 4 is 10.9 Å². The quantitative estimate of drug-likeness (QED) is 0.418. The summed E-state index contributed by atoms with van der Waals surface area (Å²) in [4.78, 5) is 21.6. The molecule has 3 heterocycles. The van der Waals surface area contributed by atoms with Gasteiger partial charge in [0.25, 0.3) is 5.56 Å². The van der Waals surface area contributed by atoms with Crippen LogP contribution >= 0.6 is 0 Å². The zero-order valence-corrected chi connectivity index (χ0v) is 23.2. The Bertz CT molecular complexity index is 1490. The number of aromatic nitrogens is 5. The third-order valence-corrected chi connectivity index (χ3v) is 7.45. The van der Waals surface area contributed by atoms with Crippen LogP contribution in [0, 0.1) is 13.8 Å². The van der Waals surface area contributed by atoms with Gasteiger partial charge in [0.1, 0.15) is 11.8 Å². The van der Waals surface area contributed by atoms with E-state index in [1.165, 1.54) is 5.56 Å². The van der Waals surface area contributed by atoms with E-state index in [1.807, 2.05) is 35.9 Å². The van der Waals surface area contributed by atoms with Crippen LogP contribution in [0.2, 0.25) is 0 Å². The lowest BCUT2D eigenvalue weighted by atomic mass is 9.98. The number of nitrogens with one attached hydrogen (secondary N) is 1. The summed E-state index contributed by atoms with van der Waals surface area (Å²) < 4.78 is 7.25. The summed E-state index contributed by atoms with van der Waals surface area (Å²) in [5, 5.41) is 13.9. The van der Waals surface area contributed by atoms with E-state index in [9.17, 15) is 4.79 Å². The summed E-state index contributed by atoms with van der Waals surface area (Å²) in [5.74, 6) is 1.56. The number of hydrogen-bond acceptors (Lipinski definition) is 7. The number of ether oxygens (including phenoxy) is 1. The number of piperazine rings is 1. The van der Waals surface area contributed by atoms with E-state index in [0.717, 1.165) is 60.5 Å². The molecule has 1 unspecified atom stereocenters. The lowest BCUT2D eigenvalue weighted by Crippen LogP contribution is -2.49. The molecule has 1 fully saturated rings. The van der Waals surface area contributed by atoms with E-state index in [4.69, 9.17) is 4.74 Å². The van der Waals surface area contributed by atoms with Crippen molar-refractivity contribution < 1.29 is 4.74 Å². The smallest absolute Gasteiger partial charge is 0.253 e. The SMILES string of the molecule is COc1cccc(CN2CCN(C(c3cc4c(C)ccc(C)c4[nH]c3=O)c3nnnn3C(C)(C)C)CC2)c1. The van der Waals surface area contributed by atoms with Gasteiger partial charge in [-0.3, -0.25) is 14.6 Å². The van der Waals surface area contributed by atoms with Crippen LogP contribution in [0.3, 0.4) is 0 Å². The van der Waals surface area contributed by atoms with Crippen molar-refractivity contribution in [2.24, 2.45) is 0 Å². The third-order valence-electron chi connectivity index (χ3n) is 7.45. The topological polar surface area (TPSA) is 92.2 Å². The molecule has 38 heavy (non-hydrogen) atoms. The molecule has 4 aromatic rings. The molecule has 0 saturated carbocycles. The van der Waals surface area contributed by atoms with Crippen molar-refractivity contribution in [3.63, 3.8) is 0 Å². The van der Waals surface area contributed by atoms with E-state index < -0.39 is 0 Å². The second-order valence-corrected chi connectivity index (χ2v) is 11.2. The monoisotopic (exact) mass is 515 g/mol. The van der Waals surface area contributed by atoms with Crippen molar-refractivity contribution in [2.75, 3.05) is 33.3 Å². The van der Waals surface area contributed by atoms with E-state index in [1.54, 1.807) is 7.11 Å². The predicted octanol–water partition coefficient (Wildman–Crippen LogP) is 3.80. The normalized spacial score (nSPS) is 16.2. The molecule has 0 bridgehead atoms. The number of tetrazole rings is 1. The van der Waals surface area contributed by atoms with Crippen molar-refractivity contribution in [3.8, 4) is 5.75 Å². The average Bonchev–Trinajstić information content (AvgIpc) is 3.39. The largest absolute Gasteiger partial charge is 0.497 e. The first kappa shape index (κ1) is 26.1. The van der Waals surface area contributed by atoms with Crippen molar-refractivity contribution in [1.82, 2.24) is 35.0 Å². The van der Waals surface area contributed by atoms with Gasteiger partial charge >= 0.3 is 0 Å². The molecule has 9 heteroatoms. The minimum atomic E-state index is -0.365. The van der Waals surface area contributed by atoms with Crippen molar-refractivity contribution in [1.29, 1.82) is 0 Å². The molecule has 1 N–H and O–H groups in total. The molecule has 9 nitrogen and oxygen atoms in total. The molecule has 0 radical (unpaired) electrons. The highest BCUT2D eigenvalue weighted by molar-refractivity contribution is 5.85. The number of methoxy groups -OCH3 is 1.